The van der Waals surface area contributed by atoms with Crippen LogP contribution in [0.5, 0.6) is 0 Å². The van der Waals surface area contributed by atoms with E-state index in [0.29, 0.717) is 0 Å². The van der Waals surface area contributed by atoms with E-state index in [2.05, 4.69) is 9.97 Å². The minimum Gasteiger partial charge on any atom is -0.312 e. The van der Waals surface area contributed by atoms with Gasteiger partial charge in [0.1, 0.15) is 0 Å². The summed E-state index contributed by atoms with van der Waals surface area (Å²) >= 11 is 1.62. The zero-order valence-corrected chi connectivity index (χ0v) is 6.97. The molecule has 0 amide bonds. The second kappa shape index (κ2) is 2.91. The monoisotopic (exact) mass is 178 g/mol. The standard InChI is InChI=1S/C8H6N2OS/c11-8-9-3-7(4-10-8)6-1-2-12-5-6/h1-5H,(H,9,10,11). The lowest BCUT2D eigenvalue weighted by Gasteiger charge is -1.92. The van der Waals surface area contributed by atoms with Crippen molar-refractivity contribution >= 4 is 11.3 Å². The van der Waals surface area contributed by atoms with Crippen LogP contribution in [0.1, 0.15) is 0 Å². The van der Waals surface area contributed by atoms with Gasteiger partial charge in [-0.05, 0) is 22.4 Å². The van der Waals surface area contributed by atoms with Crippen LogP contribution < -0.4 is 5.69 Å². The quantitative estimate of drug-likeness (QED) is 0.719. The topological polar surface area (TPSA) is 45.8 Å². The minimum atomic E-state index is -0.311. The molecule has 2 heterocycles. The van der Waals surface area contributed by atoms with E-state index in [1.54, 1.807) is 23.7 Å². The van der Waals surface area contributed by atoms with E-state index in [0.717, 1.165) is 11.1 Å². The highest BCUT2D eigenvalue weighted by Crippen LogP contribution is 2.18. The Balaban J connectivity index is 2.49. The van der Waals surface area contributed by atoms with E-state index in [1.807, 2.05) is 16.8 Å². The summed E-state index contributed by atoms with van der Waals surface area (Å²) in [5.74, 6) is 0. The molecule has 0 fully saturated rings. The number of hydrogen-bond acceptors (Lipinski definition) is 3. The Kier molecular flexibility index (Phi) is 1.75. The molecule has 0 aliphatic rings. The second-order valence-electron chi connectivity index (χ2n) is 2.32. The maximum Gasteiger partial charge on any atom is 0.344 e. The predicted octanol–water partition coefficient (Wildman–Crippen LogP) is 1.50. The molecule has 0 aliphatic heterocycles. The van der Waals surface area contributed by atoms with Crippen molar-refractivity contribution in [2.75, 3.05) is 0 Å². The average Bonchev–Trinajstić information content (AvgIpc) is 2.58. The van der Waals surface area contributed by atoms with Crippen molar-refractivity contribution < 1.29 is 0 Å². The lowest BCUT2D eigenvalue weighted by Crippen LogP contribution is -2.07. The van der Waals surface area contributed by atoms with Crippen LogP contribution in [-0.4, -0.2) is 9.97 Å². The molecule has 12 heavy (non-hydrogen) atoms. The predicted molar refractivity (Wildman–Crippen MR) is 48.2 cm³/mol. The zero-order chi connectivity index (χ0) is 8.39. The molecule has 2 aromatic rings. The van der Waals surface area contributed by atoms with Gasteiger partial charge in [0.05, 0.1) is 0 Å². The van der Waals surface area contributed by atoms with Crippen LogP contribution in [0.4, 0.5) is 0 Å². The van der Waals surface area contributed by atoms with Gasteiger partial charge in [-0.1, -0.05) is 0 Å². The van der Waals surface area contributed by atoms with E-state index in [9.17, 15) is 4.79 Å². The van der Waals surface area contributed by atoms with Gasteiger partial charge in [-0.2, -0.15) is 11.3 Å². The highest BCUT2D eigenvalue weighted by atomic mass is 32.1. The number of aromatic nitrogens is 2. The summed E-state index contributed by atoms with van der Waals surface area (Å²) in [6.45, 7) is 0. The molecular formula is C8H6N2OS. The SMILES string of the molecule is O=c1ncc(-c2ccsc2)c[nH]1. The van der Waals surface area contributed by atoms with Gasteiger partial charge in [-0.3, -0.25) is 0 Å². The Morgan fingerprint density at radius 3 is 2.92 bits per heavy atom. The molecule has 0 aromatic carbocycles. The number of H-pyrrole nitrogens is 1. The van der Waals surface area contributed by atoms with Gasteiger partial charge < -0.3 is 4.98 Å². The third kappa shape index (κ3) is 1.29. The molecule has 0 saturated carbocycles. The Labute approximate surface area is 72.7 Å². The van der Waals surface area contributed by atoms with Crippen LogP contribution in [0.25, 0.3) is 11.1 Å². The first-order valence-electron chi connectivity index (χ1n) is 3.43. The normalized spacial score (nSPS) is 10.0. The van der Waals surface area contributed by atoms with Gasteiger partial charge in [0.25, 0.3) is 0 Å². The first-order valence-corrected chi connectivity index (χ1v) is 4.38. The summed E-state index contributed by atoms with van der Waals surface area (Å²) in [5, 5.41) is 4.00. The van der Waals surface area contributed by atoms with E-state index in [-0.39, 0.29) is 5.69 Å². The van der Waals surface area contributed by atoms with Crippen LogP contribution in [0.15, 0.2) is 34.0 Å². The Hall–Kier alpha value is -1.42. The van der Waals surface area contributed by atoms with Crippen molar-refractivity contribution in [2.24, 2.45) is 0 Å². The number of nitrogens with zero attached hydrogens (tertiary/aromatic N) is 1. The molecule has 3 nitrogen and oxygen atoms in total. The van der Waals surface area contributed by atoms with Crippen LogP contribution >= 0.6 is 11.3 Å². The highest BCUT2D eigenvalue weighted by molar-refractivity contribution is 7.08. The number of rotatable bonds is 1. The molecule has 2 rings (SSSR count). The first kappa shape index (κ1) is 7.24. The molecule has 0 spiro atoms. The number of thiophene rings is 1. The Morgan fingerprint density at radius 1 is 1.42 bits per heavy atom. The van der Waals surface area contributed by atoms with Crippen LogP contribution in [0.2, 0.25) is 0 Å². The lowest BCUT2D eigenvalue weighted by atomic mass is 10.2. The molecule has 0 atom stereocenters. The van der Waals surface area contributed by atoms with Crippen molar-refractivity contribution in [1.29, 1.82) is 0 Å². The lowest BCUT2D eigenvalue weighted by molar-refractivity contribution is 1.08. The molecular weight excluding hydrogens is 172 g/mol. The smallest absolute Gasteiger partial charge is 0.312 e. The van der Waals surface area contributed by atoms with Crippen molar-refractivity contribution in [2.45, 2.75) is 0 Å². The van der Waals surface area contributed by atoms with E-state index < -0.39 is 0 Å². The van der Waals surface area contributed by atoms with Gasteiger partial charge in [0.2, 0.25) is 0 Å². The molecule has 0 aliphatic carbocycles. The van der Waals surface area contributed by atoms with Crippen molar-refractivity contribution in [1.82, 2.24) is 9.97 Å². The Morgan fingerprint density at radius 2 is 2.33 bits per heavy atom. The van der Waals surface area contributed by atoms with Crippen LogP contribution in [0.3, 0.4) is 0 Å². The fourth-order valence-electron chi connectivity index (χ4n) is 0.929. The fourth-order valence-corrected chi connectivity index (χ4v) is 1.59. The van der Waals surface area contributed by atoms with Crippen LogP contribution in [0, 0.1) is 0 Å². The van der Waals surface area contributed by atoms with Gasteiger partial charge in [-0.15, -0.1) is 0 Å². The maximum absolute atomic E-state index is 10.6. The molecule has 0 radical (unpaired) electrons. The first-order chi connectivity index (χ1) is 5.86. The summed E-state index contributed by atoms with van der Waals surface area (Å²) < 4.78 is 0. The summed E-state index contributed by atoms with van der Waals surface area (Å²) in [4.78, 5) is 16.8. The van der Waals surface area contributed by atoms with E-state index in [1.165, 1.54) is 0 Å². The van der Waals surface area contributed by atoms with E-state index in [4.69, 9.17) is 0 Å². The molecule has 1 N–H and O–H groups in total. The largest absolute Gasteiger partial charge is 0.344 e. The van der Waals surface area contributed by atoms with E-state index >= 15 is 0 Å². The molecule has 0 bridgehead atoms. The molecule has 4 heteroatoms. The van der Waals surface area contributed by atoms with Crippen molar-refractivity contribution in [3.05, 3.63) is 39.7 Å². The Bertz CT molecular complexity index is 398. The molecule has 60 valence electrons. The van der Waals surface area contributed by atoms with Gasteiger partial charge >= 0.3 is 5.69 Å². The molecule has 2 aromatic heterocycles. The number of aromatic amines is 1. The minimum absolute atomic E-state index is 0.311. The number of hydrogen-bond donors (Lipinski definition) is 1. The average molecular weight is 178 g/mol. The van der Waals surface area contributed by atoms with Crippen molar-refractivity contribution in [3.8, 4) is 11.1 Å². The van der Waals surface area contributed by atoms with Crippen LogP contribution in [-0.2, 0) is 0 Å². The molecule has 0 unspecified atom stereocenters. The van der Waals surface area contributed by atoms with Gasteiger partial charge in [0, 0.05) is 18.0 Å². The van der Waals surface area contributed by atoms with Crippen molar-refractivity contribution in [3.63, 3.8) is 0 Å². The second-order valence-corrected chi connectivity index (χ2v) is 3.10. The van der Waals surface area contributed by atoms with Gasteiger partial charge in [0.15, 0.2) is 0 Å². The van der Waals surface area contributed by atoms with Gasteiger partial charge in [-0.25, -0.2) is 9.78 Å². The number of nitrogens with one attached hydrogen (secondary N) is 1. The summed E-state index contributed by atoms with van der Waals surface area (Å²) in [6.07, 6.45) is 3.23. The maximum atomic E-state index is 10.6. The summed E-state index contributed by atoms with van der Waals surface area (Å²) in [7, 11) is 0. The summed E-state index contributed by atoms with van der Waals surface area (Å²) in [5.41, 5.74) is 1.72. The zero-order valence-electron chi connectivity index (χ0n) is 6.15. The third-order valence-corrected chi connectivity index (χ3v) is 2.21. The highest BCUT2D eigenvalue weighted by Gasteiger charge is 1.96. The third-order valence-electron chi connectivity index (χ3n) is 1.53. The molecule has 0 saturated heterocycles. The summed E-state index contributed by atoms with van der Waals surface area (Å²) in [6, 6.07) is 1.99. The fraction of sp³-hybridized carbons (Fsp3) is 0.